The van der Waals surface area contributed by atoms with Gasteiger partial charge in [0, 0.05) is 6.92 Å². The maximum absolute atomic E-state index is 14.3. The van der Waals surface area contributed by atoms with E-state index in [-0.39, 0.29) is 43.3 Å². The van der Waals surface area contributed by atoms with E-state index in [1.807, 2.05) is 36.4 Å². The number of amides is 2. The van der Waals surface area contributed by atoms with E-state index >= 15 is 0 Å². The van der Waals surface area contributed by atoms with E-state index in [0.29, 0.717) is 12.2 Å². The highest BCUT2D eigenvalue weighted by Crippen LogP contribution is 2.20. The lowest BCUT2D eigenvalue weighted by atomic mass is 9.93. The number of hydrogen-bond donors (Lipinski definition) is 2. The first-order valence-electron chi connectivity index (χ1n) is 14.5. The number of rotatable bonds is 14. The lowest BCUT2D eigenvalue weighted by molar-refractivity contribution is -0.125. The first kappa shape index (κ1) is 35.2. The molecule has 2 aromatic carbocycles. The first-order valence-corrected chi connectivity index (χ1v) is 14.5. The second-order valence-electron chi connectivity index (χ2n) is 13.0. The van der Waals surface area contributed by atoms with Crippen LogP contribution in [0.2, 0.25) is 0 Å². The van der Waals surface area contributed by atoms with Crippen molar-refractivity contribution in [1.82, 2.24) is 10.2 Å². The molecule has 0 saturated heterocycles. The quantitative estimate of drug-likeness (QED) is 0.272. The smallest absolute Gasteiger partial charge is 0.410 e. The van der Waals surface area contributed by atoms with Gasteiger partial charge in [-0.05, 0) is 74.8 Å². The summed E-state index contributed by atoms with van der Waals surface area (Å²) >= 11 is 0. The molecular formula is C33H49FN2O6. The van der Waals surface area contributed by atoms with Crippen molar-refractivity contribution in [2.24, 2.45) is 5.41 Å². The molecule has 0 bridgehead atoms. The number of hydrogen-bond acceptors (Lipinski definition) is 6. The van der Waals surface area contributed by atoms with Crippen LogP contribution in [0.1, 0.15) is 71.6 Å². The maximum Gasteiger partial charge on any atom is 0.410 e. The summed E-state index contributed by atoms with van der Waals surface area (Å²) in [5.74, 6) is -0.671. The Morgan fingerprint density at radius 3 is 2.21 bits per heavy atom. The Balaban J connectivity index is 2.39. The highest BCUT2D eigenvalue weighted by Gasteiger charge is 2.32. The van der Waals surface area contributed by atoms with Crippen LogP contribution >= 0.6 is 0 Å². The summed E-state index contributed by atoms with van der Waals surface area (Å²) in [5, 5.41) is 13.7. The number of aryl methyl sites for hydroxylation is 1. The van der Waals surface area contributed by atoms with Crippen LogP contribution in [0.5, 0.6) is 0 Å². The Bertz CT molecular complexity index is 1110. The van der Waals surface area contributed by atoms with Gasteiger partial charge in [-0.1, -0.05) is 57.2 Å². The lowest BCUT2D eigenvalue weighted by Gasteiger charge is -2.35. The minimum absolute atomic E-state index is 0.0157. The minimum Gasteiger partial charge on any atom is -0.444 e. The molecule has 0 heterocycles. The van der Waals surface area contributed by atoms with Crippen molar-refractivity contribution in [3.63, 3.8) is 0 Å². The number of aliphatic hydroxyl groups is 1. The van der Waals surface area contributed by atoms with E-state index in [2.05, 4.69) is 26.1 Å². The third-order valence-electron chi connectivity index (χ3n) is 6.29. The lowest BCUT2D eigenvalue weighted by Crippen LogP contribution is -2.53. The average molecular weight is 589 g/mol. The Morgan fingerprint density at radius 2 is 1.64 bits per heavy atom. The molecule has 8 nitrogen and oxygen atoms in total. The predicted octanol–water partition coefficient (Wildman–Crippen LogP) is 5.78. The molecule has 0 aliphatic rings. The molecule has 0 radical (unpaired) electrons. The zero-order valence-electron chi connectivity index (χ0n) is 26.4. The van der Waals surface area contributed by atoms with E-state index in [4.69, 9.17) is 14.2 Å². The molecule has 2 aromatic rings. The highest BCUT2D eigenvalue weighted by molar-refractivity contribution is 5.73. The Morgan fingerprint density at radius 1 is 0.976 bits per heavy atom. The molecule has 0 aliphatic carbocycles. The number of aliphatic hydroxyl groups excluding tert-OH is 1. The van der Waals surface area contributed by atoms with Crippen LogP contribution in [0.15, 0.2) is 48.5 Å². The van der Waals surface area contributed by atoms with Crippen LogP contribution in [0, 0.1) is 18.2 Å². The predicted molar refractivity (Wildman–Crippen MR) is 161 cm³/mol. The molecule has 0 saturated carbocycles. The molecule has 2 rings (SSSR count). The summed E-state index contributed by atoms with van der Waals surface area (Å²) in [7, 11) is 0. The molecule has 234 valence electrons. The zero-order valence-corrected chi connectivity index (χ0v) is 26.4. The van der Waals surface area contributed by atoms with E-state index < -0.39 is 30.1 Å². The van der Waals surface area contributed by atoms with Crippen LogP contribution in [0.4, 0.5) is 9.18 Å². The summed E-state index contributed by atoms with van der Waals surface area (Å²) in [6, 6.07) is 13.6. The van der Waals surface area contributed by atoms with Gasteiger partial charge in [0.25, 0.3) is 0 Å². The third-order valence-corrected chi connectivity index (χ3v) is 6.29. The Hall–Kier alpha value is -3.01. The molecule has 0 spiro atoms. The third kappa shape index (κ3) is 14.2. The van der Waals surface area contributed by atoms with Crippen molar-refractivity contribution in [2.75, 3.05) is 19.7 Å². The molecule has 2 N–H and O–H groups in total. The van der Waals surface area contributed by atoms with Crippen molar-refractivity contribution in [3.8, 4) is 0 Å². The SMILES string of the molecule is CC(=O)N[C@@H](Cc1cc(C)cc(F)c1)[C@@H](CN(C[C@@H](O)OCCC(C)(C)C)C(=O)OC(C)(C)C)OCc1ccccc1. The summed E-state index contributed by atoms with van der Waals surface area (Å²) in [5.41, 5.74) is 1.55. The number of ether oxygens (including phenoxy) is 3. The van der Waals surface area contributed by atoms with Gasteiger partial charge in [-0.15, -0.1) is 0 Å². The first-order chi connectivity index (χ1) is 19.5. The van der Waals surface area contributed by atoms with Crippen molar-refractivity contribution < 1.29 is 33.3 Å². The number of nitrogens with one attached hydrogen (secondary N) is 1. The number of carbonyl (C=O) groups is 2. The normalized spacial score (nSPS) is 14.1. The molecule has 0 aromatic heterocycles. The number of halogens is 1. The molecular weight excluding hydrogens is 539 g/mol. The fourth-order valence-corrected chi connectivity index (χ4v) is 4.30. The Labute approximate surface area is 250 Å². The summed E-state index contributed by atoms with van der Waals surface area (Å²) in [4.78, 5) is 27.1. The van der Waals surface area contributed by atoms with Crippen molar-refractivity contribution in [2.45, 2.75) is 98.9 Å². The van der Waals surface area contributed by atoms with Crippen LogP contribution < -0.4 is 5.32 Å². The summed E-state index contributed by atoms with van der Waals surface area (Å²) < 4.78 is 31.9. The van der Waals surface area contributed by atoms with Crippen LogP contribution in [-0.4, -0.2) is 65.7 Å². The molecule has 0 aliphatic heterocycles. The second kappa shape index (κ2) is 16.0. The van der Waals surface area contributed by atoms with Gasteiger partial charge in [0.05, 0.1) is 38.4 Å². The molecule has 0 fully saturated rings. The van der Waals surface area contributed by atoms with Gasteiger partial charge in [-0.3, -0.25) is 4.79 Å². The summed E-state index contributed by atoms with van der Waals surface area (Å²) in [6.45, 7) is 15.0. The number of carbonyl (C=O) groups excluding carboxylic acids is 2. The average Bonchev–Trinajstić information content (AvgIpc) is 2.83. The van der Waals surface area contributed by atoms with Gasteiger partial charge in [0.15, 0.2) is 6.29 Å². The van der Waals surface area contributed by atoms with Crippen molar-refractivity contribution in [1.29, 1.82) is 0 Å². The largest absolute Gasteiger partial charge is 0.444 e. The van der Waals surface area contributed by atoms with Crippen LogP contribution in [0.25, 0.3) is 0 Å². The monoisotopic (exact) mass is 588 g/mol. The van der Waals surface area contributed by atoms with Crippen molar-refractivity contribution in [3.05, 3.63) is 71.0 Å². The second-order valence-corrected chi connectivity index (χ2v) is 13.0. The van der Waals surface area contributed by atoms with Gasteiger partial charge in [-0.2, -0.15) is 0 Å². The van der Waals surface area contributed by atoms with E-state index in [0.717, 1.165) is 17.5 Å². The van der Waals surface area contributed by atoms with Crippen molar-refractivity contribution >= 4 is 12.0 Å². The van der Waals surface area contributed by atoms with Crippen LogP contribution in [-0.2, 0) is 32.0 Å². The molecule has 0 unspecified atom stereocenters. The molecule has 9 heteroatoms. The number of benzene rings is 2. The van der Waals surface area contributed by atoms with E-state index in [9.17, 15) is 19.1 Å². The van der Waals surface area contributed by atoms with Gasteiger partial charge >= 0.3 is 6.09 Å². The van der Waals surface area contributed by atoms with Gasteiger partial charge in [0.1, 0.15) is 11.4 Å². The fraction of sp³-hybridized carbons (Fsp3) is 0.576. The zero-order chi connectivity index (χ0) is 31.5. The highest BCUT2D eigenvalue weighted by atomic mass is 19.1. The van der Waals surface area contributed by atoms with Gasteiger partial charge < -0.3 is 29.5 Å². The molecule has 2 amide bonds. The summed E-state index contributed by atoms with van der Waals surface area (Å²) in [6.07, 6.45) is -1.69. The van der Waals surface area contributed by atoms with E-state index in [1.165, 1.54) is 24.0 Å². The van der Waals surface area contributed by atoms with Gasteiger partial charge in [0.2, 0.25) is 5.91 Å². The van der Waals surface area contributed by atoms with Gasteiger partial charge in [-0.25, -0.2) is 9.18 Å². The topological polar surface area (TPSA) is 97.3 Å². The Kier molecular flexibility index (Phi) is 13.4. The maximum atomic E-state index is 14.3. The standard InChI is InChI=1S/C33H49FN2O6/c1-23-16-26(18-27(34)17-23)19-28(35-24(2)37)29(41-22-25-12-10-9-11-13-25)20-36(31(39)42-33(6,7)8)21-30(38)40-15-14-32(3,4)5/h9-13,16-18,28-30,38H,14-15,19-22H2,1-8H3,(H,35,37)/t28-,29+,30-/m0/s1. The van der Waals surface area contributed by atoms with E-state index in [1.54, 1.807) is 27.7 Å². The fourth-order valence-electron chi connectivity index (χ4n) is 4.30. The molecule has 42 heavy (non-hydrogen) atoms. The minimum atomic E-state index is -1.26. The van der Waals surface area contributed by atoms with Crippen LogP contribution in [0.3, 0.4) is 0 Å². The number of nitrogens with zero attached hydrogens (tertiary/aromatic N) is 1. The molecule has 3 atom stereocenters.